The molecular weight excluding hydrogens is 362 g/mol. The number of rotatable bonds is 6. The van der Waals surface area contributed by atoms with E-state index in [0.29, 0.717) is 11.4 Å². The third kappa shape index (κ3) is 4.24. The normalized spacial score (nSPS) is 10.3. The van der Waals surface area contributed by atoms with Gasteiger partial charge in [0.05, 0.1) is 24.1 Å². The molecule has 1 aromatic carbocycles. The van der Waals surface area contributed by atoms with Crippen LogP contribution in [-0.4, -0.2) is 33.6 Å². The molecule has 0 aliphatic rings. The van der Waals surface area contributed by atoms with E-state index in [1.807, 2.05) is 18.2 Å². The van der Waals surface area contributed by atoms with E-state index in [1.165, 1.54) is 25.4 Å². The lowest BCUT2D eigenvalue weighted by atomic mass is 10.1. The third-order valence-corrected chi connectivity index (χ3v) is 3.95. The van der Waals surface area contributed by atoms with E-state index in [1.54, 1.807) is 24.4 Å². The van der Waals surface area contributed by atoms with E-state index >= 15 is 0 Å². The highest BCUT2D eigenvalue weighted by Gasteiger charge is 2.15. The molecule has 0 fully saturated rings. The number of amides is 1. The van der Waals surface area contributed by atoms with Gasteiger partial charge < -0.3 is 19.7 Å². The minimum absolute atomic E-state index is 0.290. The van der Waals surface area contributed by atoms with Gasteiger partial charge in [0, 0.05) is 24.0 Å². The second kappa shape index (κ2) is 8.17. The van der Waals surface area contributed by atoms with E-state index in [9.17, 15) is 14.4 Å². The van der Waals surface area contributed by atoms with Crippen molar-refractivity contribution in [1.29, 1.82) is 0 Å². The number of benzene rings is 1. The molecule has 0 saturated carbocycles. The smallest absolute Gasteiger partial charge is 0.323 e. The first-order chi connectivity index (χ1) is 13.5. The highest BCUT2D eigenvalue weighted by Crippen LogP contribution is 2.26. The fourth-order valence-electron chi connectivity index (χ4n) is 2.64. The number of methoxy groups -OCH3 is 1. The summed E-state index contributed by atoms with van der Waals surface area (Å²) in [5.74, 6) is -1.25. The van der Waals surface area contributed by atoms with E-state index in [0.717, 1.165) is 15.8 Å². The zero-order valence-electron chi connectivity index (χ0n) is 15.0. The quantitative estimate of drug-likeness (QED) is 0.680. The number of carbonyl (C=O) groups excluding carboxylic acids is 1. The van der Waals surface area contributed by atoms with Crippen LogP contribution >= 0.6 is 0 Å². The summed E-state index contributed by atoms with van der Waals surface area (Å²) < 4.78 is 6.34. The largest absolute Gasteiger partial charge is 0.496 e. The van der Waals surface area contributed by atoms with Gasteiger partial charge in [0.2, 0.25) is 0 Å². The lowest BCUT2D eigenvalue weighted by molar-refractivity contribution is -0.137. The average Bonchev–Trinajstić information content (AvgIpc) is 2.70. The number of aliphatic carboxylic acids is 1. The van der Waals surface area contributed by atoms with Crippen molar-refractivity contribution in [3.05, 3.63) is 76.8 Å². The van der Waals surface area contributed by atoms with Crippen molar-refractivity contribution in [2.45, 2.75) is 6.54 Å². The third-order valence-electron chi connectivity index (χ3n) is 3.95. The molecule has 8 nitrogen and oxygen atoms in total. The van der Waals surface area contributed by atoms with Gasteiger partial charge in [0.25, 0.3) is 11.5 Å². The molecule has 2 heterocycles. The summed E-state index contributed by atoms with van der Waals surface area (Å²) in [5.41, 5.74) is 1.65. The number of anilines is 1. The van der Waals surface area contributed by atoms with Crippen LogP contribution in [-0.2, 0) is 11.3 Å². The van der Waals surface area contributed by atoms with Gasteiger partial charge in [-0.15, -0.1) is 0 Å². The summed E-state index contributed by atoms with van der Waals surface area (Å²) in [6.07, 6.45) is 2.96. The molecule has 1 amide bonds. The zero-order valence-corrected chi connectivity index (χ0v) is 15.0. The summed E-state index contributed by atoms with van der Waals surface area (Å²) in [7, 11) is 1.46. The number of hydrogen-bond acceptors (Lipinski definition) is 5. The molecular formula is C20H17N3O5. The minimum atomic E-state index is -1.16. The summed E-state index contributed by atoms with van der Waals surface area (Å²) in [6.45, 7) is -0.495. The summed E-state index contributed by atoms with van der Waals surface area (Å²) in [6, 6.07) is 13.2. The van der Waals surface area contributed by atoms with Crippen LogP contribution in [0.1, 0.15) is 10.4 Å². The molecule has 28 heavy (non-hydrogen) atoms. The van der Waals surface area contributed by atoms with Crippen molar-refractivity contribution < 1.29 is 19.4 Å². The molecule has 0 radical (unpaired) electrons. The van der Waals surface area contributed by atoms with Crippen LogP contribution in [0.4, 0.5) is 5.69 Å². The molecule has 0 spiro atoms. The number of carboxylic acids is 1. The van der Waals surface area contributed by atoms with Crippen molar-refractivity contribution in [2.75, 3.05) is 12.4 Å². The Balaban J connectivity index is 1.87. The Morgan fingerprint density at radius 2 is 2.00 bits per heavy atom. The first-order valence-electron chi connectivity index (χ1n) is 8.31. The maximum absolute atomic E-state index is 12.6. The van der Waals surface area contributed by atoms with Crippen LogP contribution in [0.3, 0.4) is 0 Å². The van der Waals surface area contributed by atoms with Gasteiger partial charge in [-0.2, -0.15) is 0 Å². The first kappa shape index (κ1) is 18.8. The van der Waals surface area contributed by atoms with Crippen LogP contribution in [0.2, 0.25) is 0 Å². The van der Waals surface area contributed by atoms with Crippen LogP contribution in [0.25, 0.3) is 11.3 Å². The van der Waals surface area contributed by atoms with Crippen molar-refractivity contribution >= 4 is 17.6 Å². The predicted octanol–water partition coefficient (Wildman–Crippen LogP) is 2.26. The van der Waals surface area contributed by atoms with E-state index in [2.05, 4.69) is 10.3 Å². The van der Waals surface area contributed by atoms with Gasteiger partial charge in [-0.05, 0) is 30.3 Å². The van der Waals surface area contributed by atoms with Gasteiger partial charge >= 0.3 is 5.97 Å². The molecule has 0 aliphatic heterocycles. The van der Waals surface area contributed by atoms with Gasteiger partial charge in [0.15, 0.2) is 0 Å². The second-order valence-electron chi connectivity index (χ2n) is 5.86. The summed E-state index contributed by atoms with van der Waals surface area (Å²) >= 11 is 0. The molecule has 3 aromatic rings. The van der Waals surface area contributed by atoms with Gasteiger partial charge in [-0.1, -0.05) is 12.1 Å². The fraction of sp³-hybridized carbons (Fsp3) is 0.100. The topological polar surface area (TPSA) is 111 Å². The molecule has 2 N–H and O–H groups in total. The number of hydrogen-bond donors (Lipinski definition) is 2. The molecule has 3 rings (SSSR count). The molecule has 0 unspecified atom stereocenters. The SMILES string of the molecule is COc1cc(-c2ccccn2)ccc1C(=O)Nc1ccc(=O)n(CC(=O)O)c1. The highest BCUT2D eigenvalue weighted by molar-refractivity contribution is 6.06. The molecule has 0 bridgehead atoms. The van der Waals surface area contributed by atoms with Gasteiger partial charge in [-0.25, -0.2) is 0 Å². The van der Waals surface area contributed by atoms with Crippen molar-refractivity contribution in [2.24, 2.45) is 0 Å². The van der Waals surface area contributed by atoms with Gasteiger partial charge in [0.1, 0.15) is 12.3 Å². The van der Waals surface area contributed by atoms with Crippen LogP contribution in [0.15, 0.2) is 65.7 Å². The zero-order chi connectivity index (χ0) is 20.1. The Morgan fingerprint density at radius 3 is 2.68 bits per heavy atom. The standard InChI is InChI=1S/C20H17N3O5/c1-28-17-10-13(16-4-2-3-9-21-16)5-7-15(17)20(27)22-14-6-8-18(24)23(11-14)12-19(25)26/h2-11H,12H2,1H3,(H,22,27)(H,25,26). The Bertz CT molecular complexity index is 1080. The highest BCUT2D eigenvalue weighted by atomic mass is 16.5. The summed E-state index contributed by atoms with van der Waals surface area (Å²) in [5, 5.41) is 11.5. The van der Waals surface area contributed by atoms with Crippen LogP contribution in [0.5, 0.6) is 5.75 Å². The number of ether oxygens (including phenoxy) is 1. The van der Waals surface area contributed by atoms with Crippen LogP contribution < -0.4 is 15.6 Å². The van der Waals surface area contributed by atoms with Crippen LogP contribution in [0, 0.1) is 0 Å². The lowest BCUT2D eigenvalue weighted by Gasteiger charge is -2.12. The molecule has 142 valence electrons. The predicted molar refractivity (Wildman–Crippen MR) is 103 cm³/mol. The van der Waals surface area contributed by atoms with Crippen molar-refractivity contribution in [1.82, 2.24) is 9.55 Å². The molecule has 8 heteroatoms. The molecule has 0 aliphatic carbocycles. The molecule has 0 saturated heterocycles. The number of carboxylic acid groups (broad SMARTS) is 1. The minimum Gasteiger partial charge on any atom is -0.496 e. The van der Waals surface area contributed by atoms with E-state index < -0.39 is 24.0 Å². The number of nitrogens with zero attached hydrogens (tertiary/aromatic N) is 2. The van der Waals surface area contributed by atoms with Crippen molar-refractivity contribution in [3.63, 3.8) is 0 Å². The van der Waals surface area contributed by atoms with E-state index in [4.69, 9.17) is 9.84 Å². The fourth-order valence-corrected chi connectivity index (χ4v) is 2.64. The van der Waals surface area contributed by atoms with E-state index in [-0.39, 0.29) is 5.56 Å². The lowest BCUT2D eigenvalue weighted by Crippen LogP contribution is -2.24. The second-order valence-corrected chi connectivity index (χ2v) is 5.86. The average molecular weight is 379 g/mol. The Morgan fingerprint density at radius 1 is 1.18 bits per heavy atom. The Labute approximate surface area is 160 Å². The maximum Gasteiger partial charge on any atom is 0.323 e. The summed E-state index contributed by atoms with van der Waals surface area (Å²) in [4.78, 5) is 39.5. The maximum atomic E-state index is 12.6. The Kier molecular flexibility index (Phi) is 5.50. The monoisotopic (exact) mass is 379 g/mol. The number of aromatic nitrogens is 2. The number of nitrogens with one attached hydrogen (secondary N) is 1. The van der Waals surface area contributed by atoms with Gasteiger partial charge in [-0.3, -0.25) is 19.4 Å². The number of pyridine rings is 2. The molecule has 0 atom stereocenters. The Hall–Kier alpha value is -3.94. The molecule has 2 aromatic heterocycles. The number of carbonyl (C=O) groups is 2. The first-order valence-corrected chi connectivity index (χ1v) is 8.31. The van der Waals surface area contributed by atoms with Crippen molar-refractivity contribution in [3.8, 4) is 17.0 Å².